The number of nitrogens with zero attached hydrogens (tertiary/aromatic N) is 1. The number of halogens is 1. The van der Waals surface area contributed by atoms with E-state index in [4.69, 9.17) is 0 Å². The highest BCUT2D eigenvalue weighted by molar-refractivity contribution is 9.09. The van der Waals surface area contributed by atoms with E-state index in [1.807, 2.05) is 0 Å². The van der Waals surface area contributed by atoms with Gasteiger partial charge in [-0.05, 0) is 26.1 Å². The topological polar surface area (TPSA) is 3.24 Å². The molecular weight excluding hydrogens is 214 g/mol. The Morgan fingerprint density at radius 2 is 1.33 bits per heavy atom. The van der Waals surface area contributed by atoms with Crippen LogP contribution in [0.15, 0.2) is 0 Å². The highest BCUT2D eigenvalue weighted by atomic mass is 79.9. The molecule has 2 heteroatoms. The van der Waals surface area contributed by atoms with Crippen LogP contribution in [-0.2, 0) is 0 Å². The quantitative estimate of drug-likeness (QED) is 0.662. The molecule has 0 radical (unpaired) electrons. The largest absolute Gasteiger partial charge is 0.304 e. The van der Waals surface area contributed by atoms with E-state index in [0.717, 1.165) is 5.33 Å². The summed E-state index contributed by atoms with van der Waals surface area (Å²) in [5.74, 6) is 0. The molecule has 12 heavy (non-hydrogen) atoms. The SMILES string of the molecule is CCCCBr.CCN(CC)CC. The van der Waals surface area contributed by atoms with Gasteiger partial charge >= 0.3 is 0 Å². The first-order valence-corrected chi connectivity index (χ1v) is 6.17. The first kappa shape index (κ1) is 14.9. The average molecular weight is 238 g/mol. The van der Waals surface area contributed by atoms with Crippen LogP contribution in [0.4, 0.5) is 0 Å². The zero-order chi connectivity index (χ0) is 9.82. The Balaban J connectivity index is 0. The van der Waals surface area contributed by atoms with E-state index in [-0.39, 0.29) is 0 Å². The lowest BCUT2D eigenvalue weighted by Crippen LogP contribution is -2.21. The second kappa shape index (κ2) is 14.0. The fourth-order valence-corrected chi connectivity index (χ4v) is 1.37. The van der Waals surface area contributed by atoms with Crippen molar-refractivity contribution in [2.45, 2.75) is 40.5 Å². The number of alkyl halides is 1. The van der Waals surface area contributed by atoms with Gasteiger partial charge in [0, 0.05) is 5.33 Å². The predicted molar refractivity (Wildman–Crippen MR) is 62.2 cm³/mol. The zero-order valence-electron chi connectivity index (χ0n) is 9.07. The molecule has 0 saturated carbocycles. The summed E-state index contributed by atoms with van der Waals surface area (Å²) in [4.78, 5) is 2.38. The normalized spacial score (nSPS) is 9.50. The van der Waals surface area contributed by atoms with Crippen LogP contribution in [0.3, 0.4) is 0 Å². The molecule has 0 spiro atoms. The molecule has 0 fully saturated rings. The minimum atomic E-state index is 1.16. The van der Waals surface area contributed by atoms with Crippen LogP contribution < -0.4 is 0 Å². The Labute approximate surface area is 86.7 Å². The molecule has 0 amide bonds. The van der Waals surface area contributed by atoms with Crippen molar-refractivity contribution in [2.24, 2.45) is 0 Å². The maximum Gasteiger partial charge on any atom is 0.00312 e. The second-order valence-electron chi connectivity index (χ2n) is 2.66. The summed E-state index contributed by atoms with van der Waals surface area (Å²) < 4.78 is 0. The van der Waals surface area contributed by atoms with Gasteiger partial charge in [0.1, 0.15) is 0 Å². The van der Waals surface area contributed by atoms with E-state index < -0.39 is 0 Å². The van der Waals surface area contributed by atoms with Gasteiger partial charge in [-0.3, -0.25) is 0 Å². The van der Waals surface area contributed by atoms with E-state index in [1.165, 1.54) is 32.5 Å². The van der Waals surface area contributed by atoms with E-state index in [0.29, 0.717) is 0 Å². The maximum atomic E-state index is 3.31. The second-order valence-corrected chi connectivity index (χ2v) is 3.46. The molecule has 0 heterocycles. The van der Waals surface area contributed by atoms with Crippen molar-refractivity contribution < 1.29 is 0 Å². The van der Waals surface area contributed by atoms with E-state index in [1.54, 1.807) is 0 Å². The standard InChI is InChI=1S/C6H15N.C4H9Br/c1-4-7(5-2)6-3;1-2-3-4-5/h4-6H2,1-3H3;2-4H2,1H3. The summed E-state index contributed by atoms with van der Waals surface area (Å²) in [5.41, 5.74) is 0. The van der Waals surface area contributed by atoms with Crippen LogP contribution in [0.2, 0.25) is 0 Å². The molecule has 0 aromatic heterocycles. The molecule has 0 N–H and O–H groups in total. The van der Waals surface area contributed by atoms with Crippen molar-refractivity contribution in [3.8, 4) is 0 Å². The molecule has 0 atom stereocenters. The number of rotatable bonds is 5. The summed E-state index contributed by atoms with van der Waals surface area (Å²) in [5, 5.41) is 1.16. The Morgan fingerprint density at radius 3 is 1.33 bits per heavy atom. The lowest BCUT2D eigenvalue weighted by molar-refractivity contribution is 0.321. The molecular formula is C10H24BrN. The third-order valence-corrected chi connectivity index (χ3v) is 2.39. The maximum absolute atomic E-state index is 3.31. The molecule has 0 aromatic rings. The van der Waals surface area contributed by atoms with Gasteiger partial charge in [0.15, 0.2) is 0 Å². The number of hydrogen-bond donors (Lipinski definition) is 0. The van der Waals surface area contributed by atoms with Gasteiger partial charge in [-0.25, -0.2) is 0 Å². The fourth-order valence-electron chi connectivity index (χ4n) is 0.804. The van der Waals surface area contributed by atoms with Crippen LogP contribution in [0.5, 0.6) is 0 Å². The van der Waals surface area contributed by atoms with E-state index >= 15 is 0 Å². The van der Waals surface area contributed by atoms with Gasteiger partial charge in [0.05, 0.1) is 0 Å². The summed E-state index contributed by atoms with van der Waals surface area (Å²) in [6.45, 7) is 12.3. The molecule has 1 nitrogen and oxygen atoms in total. The van der Waals surface area contributed by atoms with Crippen LogP contribution in [0.25, 0.3) is 0 Å². The van der Waals surface area contributed by atoms with Gasteiger partial charge in [-0.15, -0.1) is 0 Å². The van der Waals surface area contributed by atoms with Crippen molar-refractivity contribution in [3.63, 3.8) is 0 Å². The molecule has 0 aromatic carbocycles. The third kappa shape index (κ3) is 13.1. The number of hydrogen-bond acceptors (Lipinski definition) is 1. The smallest absolute Gasteiger partial charge is 0.00312 e. The fraction of sp³-hybridized carbons (Fsp3) is 1.00. The predicted octanol–water partition coefficient (Wildman–Crippen LogP) is 3.53. The molecule has 0 aliphatic heterocycles. The van der Waals surface area contributed by atoms with Crippen LogP contribution >= 0.6 is 15.9 Å². The van der Waals surface area contributed by atoms with Crippen LogP contribution in [0.1, 0.15) is 40.5 Å². The molecule has 0 unspecified atom stereocenters. The van der Waals surface area contributed by atoms with Gasteiger partial charge in [-0.2, -0.15) is 0 Å². The molecule has 0 aliphatic rings. The number of unbranched alkanes of at least 4 members (excludes halogenated alkanes) is 1. The van der Waals surface area contributed by atoms with Crippen molar-refractivity contribution in [2.75, 3.05) is 25.0 Å². The third-order valence-electron chi connectivity index (χ3n) is 1.83. The average Bonchev–Trinajstić information content (AvgIpc) is 2.10. The first-order valence-electron chi connectivity index (χ1n) is 5.04. The van der Waals surface area contributed by atoms with Crippen molar-refractivity contribution in [1.29, 1.82) is 0 Å². The molecule has 0 saturated heterocycles. The Bertz CT molecular complexity index is 55.3. The van der Waals surface area contributed by atoms with E-state index in [2.05, 4.69) is 48.5 Å². The van der Waals surface area contributed by atoms with Gasteiger partial charge < -0.3 is 4.90 Å². The lowest BCUT2D eigenvalue weighted by atomic mass is 10.4. The van der Waals surface area contributed by atoms with Crippen molar-refractivity contribution in [1.82, 2.24) is 4.90 Å². The zero-order valence-corrected chi connectivity index (χ0v) is 10.7. The minimum absolute atomic E-state index is 1.16. The van der Waals surface area contributed by atoms with Gasteiger partial charge in [-0.1, -0.05) is 50.0 Å². The lowest BCUT2D eigenvalue weighted by Gasteiger charge is -2.13. The molecule has 0 aliphatic carbocycles. The van der Waals surface area contributed by atoms with Crippen molar-refractivity contribution in [3.05, 3.63) is 0 Å². The highest BCUT2D eigenvalue weighted by Gasteiger charge is 1.89. The summed E-state index contributed by atoms with van der Waals surface area (Å²) >= 11 is 3.31. The van der Waals surface area contributed by atoms with Crippen LogP contribution in [-0.4, -0.2) is 29.9 Å². The monoisotopic (exact) mass is 237 g/mol. The molecule has 0 rings (SSSR count). The Kier molecular flexibility index (Phi) is 17.4. The van der Waals surface area contributed by atoms with Crippen molar-refractivity contribution >= 4 is 15.9 Å². The summed E-state index contributed by atoms with van der Waals surface area (Å²) in [6.07, 6.45) is 2.60. The molecule has 76 valence electrons. The van der Waals surface area contributed by atoms with E-state index in [9.17, 15) is 0 Å². The Hall–Kier alpha value is 0.440. The summed E-state index contributed by atoms with van der Waals surface area (Å²) in [6, 6.07) is 0. The Morgan fingerprint density at radius 1 is 0.917 bits per heavy atom. The first-order chi connectivity index (χ1) is 5.76. The van der Waals surface area contributed by atoms with Crippen LogP contribution in [0, 0.1) is 0 Å². The minimum Gasteiger partial charge on any atom is -0.304 e. The highest BCUT2D eigenvalue weighted by Crippen LogP contribution is 1.89. The van der Waals surface area contributed by atoms with Gasteiger partial charge in [0.25, 0.3) is 0 Å². The van der Waals surface area contributed by atoms with Gasteiger partial charge in [0.2, 0.25) is 0 Å². The molecule has 0 bridgehead atoms. The summed E-state index contributed by atoms with van der Waals surface area (Å²) in [7, 11) is 0.